The molecule has 3 rings (SSSR count). The molecule has 1 saturated carbocycles. The zero-order valence-electron chi connectivity index (χ0n) is 13.2. The van der Waals surface area contributed by atoms with Gasteiger partial charge in [-0.1, -0.05) is 6.08 Å². The number of methoxy groups -OCH3 is 1. The monoisotopic (exact) mass is 328 g/mol. The molecule has 0 aliphatic heterocycles. The van der Waals surface area contributed by atoms with Crippen LogP contribution in [-0.2, 0) is 0 Å². The van der Waals surface area contributed by atoms with E-state index in [2.05, 4.69) is 0 Å². The Bertz CT molecular complexity index is 683. The largest absolute Gasteiger partial charge is 0.493 e. The number of hydrogen-bond donors (Lipinski definition) is 0. The van der Waals surface area contributed by atoms with E-state index < -0.39 is 0 Å². The van der Waals surface area contributed by atoms with Crippen LogP contribution in [0.1, 0.15) is 41.6 Å². The number of carbonyl (C=O) groups excluding carboxylic acids is 1. The number of carbonyl (C=O) groups is 1. The number of benzene rings is 1. The summed E-state index contributed by atoms with van der Waals surface area (Å²) in [5, 5.41) is 4.00. The number of ketones is 1. The van der Waals surface area contributed by atoms with Gasteiger partial charge in [0, 0.05) is 5.56 Å². The second-order valence-corrected chi connectivity index (χ2v) is 6.42. The van der Waals surface area contributed by atoms with Gasteiger partial charge in [0.25, 0.3) is 0 Å². The fourth-order valence-electron chi connectivity index (χ4n) is 2.75. The van der Waals surface area contributed by atoms with Gasteiger partial charge in [0.1, 0.15) is 0 Å². The molecule has 1 fully saturated rings. The minimum Gasteiger partial charge on any atom is -0.493 e. The van der Waals surface area contributed by atoms with Crippen LogP contribution in [0.25, 0.3) is 6.08 Å². The summed E-state index contributed by atoms with van der Waals surface area (Å²) in [5.74, 6) is 1.31. The van der Waals surface area contributed by atoms with Gasteiger partial charge in [-0.15, -0.1) is 0 Å². The SMILES string of the molecule is COc1ccc(C(=O)/C=C/c2ccsc2)cc1OC1CCCC1. The molecule has 0 N–H and O–H groups in total. The van der Waals surface area contributed by atoms with Crippen LogP contribution in [-0.4, -0.2) is 19.0 Å². The molecule has 2 aromatic rings. The second kappa shape index (κ2) is 7.47. The quantitative estimate of drug-likeness (QED) is 0.554. The number of allylic oxidation sites excluding steroid dienone is 1. The molecule has 0 atom stereocenters. The Labute approximate surface area is 140 Å². The highest BCUT2D eigenvalue weighted by atomic mass is 32.1. The first-order chi connectivity index (χ1) is 11.3. The van der Waals surface area contributed by atoms with Gasteiger partial charge in [-0.2, -0.15) is 11.3 Å². The van der Waals surface area contributed by atoms with Crippen molar-refractivity contribution in [3.05, 3.63) is 52.2 Å². The molecule has 1 heterocycles. The second-order valence-electron chi connectivity index (χ2n) is 5.64. The Morgan fingerprint density at radius 3 is 2.74 bits per heavy atom. The van der Waals surface area contributed by atoms with E-state index in [-0.39, 0.29) is 11.9 Å². The average molecular weight is 328 g/mol. The zero-order valence-corrected chi connectivity index (χ0v) is 14.0. The molecule has 0 amide bonds. The lowest BCUT2D eigenvalue weighted by molar-refractivity contribution is 0.104. The Morgan fingerprint density at radius 1 is 1.22 bits per heavy atom. The molecular weight excluding hydrogens is 308 g/mol. The molecule has 0 spiro atoms. The van der Waals surface area contributed by atoms with Crippen LogP contribution in [0.4, 0.5) is 0 Å². The van der Waals surface area contributed by atoms with Crippen molar-refractivity contribution in [3.8, 4) is 11.5 Å². The van der Waals surface area contributed by atoms with Crippen molar-refractivity contribution < 1.29 is 14.3 Å². The molecule has 0 saturated heterocycles. The molecule has 0 bridgehead atoms. The summed E-state index contributed by atoms with van der Waals surface area (Å²) in [6, 6.07) is 7.35. The molecule has 1 aliphatic rings. The number of rotatable bonds is 6. The van der Waals surface area contributed by atoms with Crippen LogP contribution in [0.5, 0.6) is 11.5 Å². The maximum atomic E-state index is 12.3. The summed E-state index contributed by atoms with van der Waals surface area (Å²) in [5.41, 5.74) is 1.66. The average Bonchev–Trinajstić information content (AvgIpc) is 3.26. The lowest BCUT2D eigenvalue weighted by Crippen LogP contribution is -2.12. The summed E-state index contributed by atoms with van der Waals surface area (Å²) >= 11 is 1.61. The summed E-state index contributed by atoms with van der Waals surface area (Å²) < 4.78 is 11.4. The van der Waals surface area contributed by atoms with Crippen LogP contribution < -0.4 is 9.47 Å². The molecule has 0 radical (unpaired) electrons. The van der Waals surface area contributed by atoms with E-state index in [1.165, 1.54) is 12.8 Å². The van der Waals surface area contributed by atoms with E-state index in [0.717, 1.165) is 18.4 Å². The molecule has 120 valence electrons. The summed E-state index contributed by atoms with van der Waals surface area (Å²) in [4.78, 5) is 12.3. The standard InChI is InChI=1S/C19H20O3S/c1-21-18-9-7-15(12-19(18)22-16-4-2-3-5-16)17(20)8-6-14-10-11-23-13-14/h6-13,16H,2-5H2,1H3/b8-6+. The first kappa shape index (κ1) is 15.8. The number of thiophene rings is 1. The third kappa shape index (κ3) is 4.02. The minimum atomic E-state index is -0.0323. The van der Waals surface area contributed by atoms with E-state index in [1.807, 2.05) is 22.9 Å². The predicted molar refractivity (Wildman–Crippen MR) is 93.6 cm³/mol. The van der Waals surface area contributed by atoms with Gasteiger partial charge < -0.3 is 9.47 Å². The number of ether oxygens (including phenoxy) is 2. The van der Waals surface area contributed by atoms with Gasteiger partial charge in [0.05, 0.1) is 13.2 Å². The molecule has 1 aromatic heterocycles. The van der Waals surface area contributed by atoms with Gasteiger partial charge in [-0.25, -0.2) is 0 Å². The Kier molecular flexibility index (Phi) is 5.13. The molecule has 1 aromatic carbocycles. The number of hydrogen-bond acceptors (Lipinski definition) is 4. The lowest BCUT2D eigenvalue weighted by Gasteiger charge is -2.16. The van der Waals surface area contributed by atoms with Crippen LogP contribution in [0.3, 0.4) is 0 Å². The third-order valence-corrected chi connectivity index (χ3v) is 4.72. The smallest absolute Gasteiger partial charge is 0.185 e. The first-order valence-electron chi connectivity index (χ1n) is 7.85. The van der Waals surface area contributed by atoms with Crippen LogP contribution in [0.15, 0.2) is 41.1 Å². The van der Waals surface area contributed by atoms with E-state index in [0.29, 0.717) is 17.1 Å². The zero-order chi connectivity index (χ0) is 16.1. The van der Waals surface area contributed by atoms with Crippen molar-refractivity contribution in [3.63, 3.8) is 0 Å². The molecule has 23 heavy (non-hydrogen) atoms. The van der Waals surface area contributed by atoms with Crippen LogP contribution in [0, 0.1) is 0 Å². The van der Waals surface area contributed by atoms with Crippen molar-refractivity contribution in [1.29, 1.82) is 0 Å². The van der Waals surface area contributed by atoms with Crippen molar-refractivity contribution in [2.24, 2.45) is 0 Å². The minimum absolute atomic E-state index is 0.0323. The highest BCUT2D eigenvalue weighted by molar-refractivity contribution is 7.08. The summed E-state index contributed by atoms with van der Waals surface area (Å²) in [7, 11) is 1.62. The van der Waals surface area contributed by atoms with E-state index in [4.69, 9.17) is 9.47 Å². The highest BCUT2D eigenvalue weighted by Gasteiger charge is 2.19. The highest BCUT2D eigenvalue weighted by Crippen LogP contribution is 2.32. The molecule has 1 aliphatic carbocycles. The molecule has 3 nitrogen and oxygen atoms in total. The van der Waals surface area contributed by atoms with Crippen molar-refractivity contribution in [2.75, 3.05) is 7.11 Å². The summed E-state index contributed by atoms with van der Waals surface area (Å²) in [6.45, 7) is 0. The van der Waals surface area contributed by atoms with Gasteiger partial charge in [-0.3, -0.25) is 4.79 Å². The lowest BCUT2D eigenvalue weighted by atomic mass is 10.1. The Hall–Kier alpha value is -2.07. The third-order valence-electron chi connectivity index (χ3n) is 4.01. The van der Waals surface area contributed by atoms with Crippen molar-refractivity contribution >= 4 is 23.2 Å². The Balaban J connectivity index is 1.77. The van der Waals surface area contributed by atoms with E-state index in [1.54, 1.807) is 42.7 Å². The predicted octanol–water partition coefficient (Wildman–Crippen LogP) is 4.97. The van der Waals surface area contributed by atoms with E-state index in [9.17, 15) is 4.79 Å². The first-order valence-corrected chi connectivity index (χ1v) is 8.80. The topological polar surface area (TPSA) is 35.5 Å². The van der Waals surface area contributed by atoms with Crippen molar-refractivity contribution in [2.45, 2.75) is 31.8 Å². The van der Waals surface area contributed by atoms with E-state index >= 15 is 0 Å². The van der Waals surface area contributed by atoms with Gasteiger partial charge >= 0.3 is 0 Å². The molecule has 0 unspecified atom stereocenters. The fourth-order valence-corrected chi connectivity index (χ4v) is 3.37. The van der Waals surface area contributed by atoms with Crippen LogP contribution in [0.2, 0.25) is 0 Å². The van der Waals surface area contributed by atoms with Gasteiger partial charge in [0.15, 0.2) is 17.3 Å². The van der Waals surface area contributed by atoms with Gasteiger partial charge in [0.2, 0.25) is 0 Å². The van der Waals surface area contributed by atoms with Crippen molar-refractivity contribution in [1.82, 2.24) is 0 Å². The fraction of sp³-hybridized carbons (Fsp3) is 0.316. The van der Waals surface area contributed by atoms with Gasteiger partial charge in [-0.05, 0) is 72.3 Å². The Morgan fingerprint density at radius 2 is 2.04 bits per heavy atom. The normalized spacial score (nSPS) is 15.2. The maximum absolute atomic E-state index is 12.3. The molecular formula is C19H20O3S. The maximum Gasteiger partial charge on any atom is 0.185 e. The molecule has 4 heteroatoms. The summed E-state index contributed by atoms with van der Waals surface area (Å²) in [6.07, 6.45) is 8.21. The van der Waals surface area contributed by atoms with Crippen LogP contribution >= 0.6 is 11.3 Å².